The quantitative estimate of drug-likeness (QED) is 0.577. The summed E-state index contributed by atoms with van der Waals surface area (Å²) in [5, 5.41) is 2.36. The van der Waals surface area contributed by atoms with Crippen molar-refractivity contribution >= 4 is 21.7 Å². The molecule has 0 unspecified atom stereocenters. The summed E-state index contributed by atoms with van der Waals surface area (Å²) in [5.41, 5.74) is 1.71. The molecule has 0 aliphatic carbocycles. The summed E-state index contributed by atoms with van der Waals surface area (Å²) in [6.45, 7) is 2.02. The van der Waals surface area contributed by atoms with E-state index in [4.69, 9.17) is 12.2 Å². The highest BCUT2D eigenvalue weighted by Crippen LogP contribution is 2.33. The Morgan fingerprint density at radius 1 is 1.00 bits per heavy atom. The summed E-state index contributed by atoms with van der Waals surface area (Å²) in [4.78, 5) is 4.10. The minimum absolute atomic E-state index is 0.311. The zero-order chi connectivity index (χ0) is 16.4. The lowest BCUT2D eigenvalue weighted by atomic mass is 9.97. The molecule has 0 spiro atoms. The Morgan fingerprint density at radius 3 is 1.83 bits per heavy atom. The molecule has 2 aromatic carbocycles. The zero-order valence-electron chi connectivity index (χ0n) is 12.3. The van der Waals surface area contributed by atoms with Crippen molar-refractivity contribution in [2.45, 2.75) is 11.7 Å². The molecule has 0 saturated carbocycles. The number of hydrogen-bond donors (Lipinski definition) is 1. The lowest BCUT2D eigenvalue weighted by Gasteiger charge is -2.34. The van der Waals surface area contributed by atoms with Crippen LogP contribution < -0.4 is 0 Å². The van der Waals surface area contributed by atoms with Gasteiger partial charge in [0.15, 0.2) is 0 Å². The molecule has 1 heterocycles. The first kappa shape index (κ1) is 15.8. The molecule has 23 heavy (non-hydrogen) atoms. The van der Waals surface area contributed by atoms with Crippen LogP contribution in [-0.2, 0) is 5.16 Å². The molecule has 0 aliphatic rings. The second kappa shape index (κ2) is 6.17. The minimum Gasteiger partial charge on any atom is -0.285 e. The maximum Gasteiger partial charge on any atom is 0.216 e. The molecule has 116 valence electrons. The summed E-state index contributed by atoms with van der Waals surface area (Å²) >= 11 is 5.33. The number of nitrogens with zero attached hydrogens (tertiary/aromatic N) is 2. The number of benzene rings is 2. The molecule has 0 saturated heterocycles. The van der Waals surface area contributed by atoms with Gasteiger partial charge < -0.3 is 0 Å². The number of nitrogens with one attached hydrogen (secondary N) is 1. The smallest absolute Gasteiger partial charge is 0.216 e. The summed E-state index contributed by atoms with van der Waals surface area (Å²) in [6, 6.07) is 12.5. The molecule has 3 aromatic rings. The molecule has 1 N–H and O–H groups in total. The molecule has 0 atom stereocenters. The third-order valence-electron chi connectivity index (χ3n) is 3.77. The van der Waals surface area contributed by atoms with Gasteiger partial charge in [-0.3, -0.25) is 5.10 Å². The molecule has 3 nitrogen and oxygen atoms in total. The minimum atomic E-state index is -0.686. The van der Waals surface area contributed by atoms with Crippen LogP contribution in [0, 0.1) is 16.4 Å². The predicted molar refractivity (Wildman–Crippen MR) is 88.0 cm³/mol. The second-order valence-electron chi connectivity index (χ2n) is 4.98. The first-order valence-corrected chi connectivity index (χ1v) is 8.82. The molecular weight excluding hydrogens is 332 g/mol. The van der Waals surface area contributed by atoms with Gasteiger partial charge >= 0.3 is 0 Å². The van der Waals surface area contributed by atoms with Gasteiger partial charge in [0.25, 0.3) is 0 Å². The SMILES string of the molecule is C[Si]C(c1ccc(F)cc1)(c1ccc(F)cc1)n1[nH]cnc1=S. The molecule has 0 bridgehead atoms. The van der Waals surface area contributed by atoms with Crippen LogP contribution in [-0.4, -0.2) is 24.3 Å². The summed E-state index contributed by atoms with van der Waals surface area (Å²) in [5.74, 6) is -0.621. The summed E-state index contributed by atoms with van der Waals surface area (Å²) in [6.07, 6.45) is 1.52. The molecular formula is C16H13F2N3SSi. The number of H-pyrrole nitrogens is 1. The van der Waals surface area contributed by atoms with Crippen molar-refractivity contribution in [1.29, 1.82) is 0 Å². The van der Waals surface area contributed by atoms with E-state index in [2.05, 4.69) is 10.1 Å². The van der Waals surface area contributed by atoms with Crippen LogP contribution in [0.15, 0.2) is 54.9 Å². The van der Waals surface area contributed by atoms with E-state index in [1.54, 1.807) is 28.9 Å². The molecule has 7 heteroatoms. The van der Waals surface area contributed by atoms with Crippen molar-refractivity contribution in [3.63, 3.8) is 0 Å². The average Bonchev–Trinajstić information content (AvgIpc) is 2.98. The van der Waals surface area contributed by atoms with Gasteiger partial charge in [0.1, 0.15) is 18.0 Å². The van der Waals surface area contributed by atoms with E-state index in [9.17, 15) is 8.78 Å². The van der Waals surface area contributed by atoms with Crippen LogP contribution in [0.4, 0.5) is 8.78 Å². The Labute approximate surface area is 139 Å². The first-order valence-electron chi connectivity index (χ1n) is 6.92. The van der Waals surface area contributed by atoms with E-state index in [1.165, 1.54) is 30.6 Å². The Kier molecular flexibility index (Phi) is 4.23. The van der Waals surface area contributed by atoms with Crippen LogP contribution in [0.25, 0.3) is 0 Å². The van der Waals surface area contributed by atoms with E-state index in [0.717, 1.165) is 11.1 Å². The van der Waals surface area contributed by atoms with Crippen LogP contribution in [0.1, 0.15) is 11.1 Å². The first-order chi connectivity index (χ1) is 11.1. The Bertz CT molecular complexity index is 811. The summed E-state index contributed by atoms with van der Waals surface area (Å²) < 4.78 is 28.9. The van der Waals surface area contributed by atoms with E-state index < -0.39 is 5.16 Å². The third kappa shape index (κ3) is 2.66. The van der Waals surface area contributed by atoms with Crippen LogP contribution in [0.5, 0.6) is 0 Å². The highest BCUT2D eigenvalue weighted by molar-refractivity contribution is 7.71. The number of aromatic amines is 1. The van der Waals surface area contributed by atoms with Crippen molar-refractivity contribution in [1.82, 2.24) is 14.8 Å². The fourth-order valence-corrected chi connectivity index (χ4v) is 4.33. The van der Waals surface area contributed by atoms with Gasteiger partial charge in [0.05, 0.1) is 14.7 Å². The molecule has 0 amide bonds. The molecule has 3 rings (SSSR count). The molecule has 1 aromatic heterocycles. The van der Waals surface area contributed by atoms with Crippen LogP contribution >= 0.6 is 12.2 Å². The van der Waals surface area contributed by atoms with Crippen molar-refractivity contribution in [3.05, 3.63) is 82.4 Å². The van der Waals surface area contributed by atoms with Crippen molar-refractivity contribution in [3.8, 4) is 0 Å². The Balaban J connectivity index is 2.32. The Morgan fingerprint density at radius 2 is 1.48 bits per heavy atom. The molecule has 0 aliphatic heterocycles. The standard InChI is InChI=1S/C16H13F2N3SSi/c1-23-16(21-15(22)19-10-20-21,11-2-6-13(17)7-3-11)12-4-8-14(18)9-5-12/h2-10H,1H3,(H,19,20,22). The van der Waals surface area contributed by atoms with E-state index in [1.807, 2.05) is 6.55 Å². The van der Waals surface area contributed by atoms with Gasteiger partial charge in [-0.2, -0.15) is 0 Å². The highest BCUT2D eigenvalue weighted by Gasteiger charge is 2.36. The predicted octanol–water partition coefficient (Wildman–Crippen LogP) is 3.72. The van der Waals surface area contributed by atoms with Gasteiger partial charge in [-0.1, -0.05) is 30.8 Å². The highest BCUT2D eigenvalue weighted by atomic mass is 32.1. The van der Waals surface area contributed by atoms with Gasteiger partial charge in [-0.15, -0.1) is 0 Å². The van der Waals surface area contributed by atoms with Gasteiger partial charge in [-0.05, 0) is 47.6 Å². The van der Waals surface area contributed by atoms with E-state index in [0.29, 0.717) is 14.3 Å². The van der Waals surface area contributed by atoms with E-state index >= 15 is 0 Å². The van der Waals surface area contributed by atoms with Gasteiger partial charge in [0.2, 0.25) is 4.77 Å². The topological polar surface area (TPSA) is 33.6 Å². The van der Waals surface area contributed by atoms with E-state index in [-0.39, 0.29) is 11.6 Å². The normalized spacial score (nSPS) is 11.6. The molecule has 0 fully saturated rings. The lowest BCUT2D eigenvalue weighted by Crippen LogP contribution is -2.42. The number of rotatable bonds is 4. The van der Waals surface area contributed by atoms with Crippen LogP contribution in [0.3, 0.4) is 0 Å². The van der Waals surface area contributed by atoms with Crippen LogP contribution in [0.2, 0.25) is 6.55 Å². The maximum atomic E-state index is 13.4. The fourth-order valence-electron chi connectivity index (χ4n) is 2.70. The maximum absolute atomic E-state index is 13.4. The third-order valence-corrected chi connectivity index (χ3v) is 5.59. The van der Waals surface area contributed by atoms with Gasteiger partial charge in [-0.25, -0.2) is 18.4 Å². The van der Waals surface area contributed by atoms with Crippen molar-refractivity contribution in [2.75, 3.05) is 0 Å². The van der Waals surface area contributed by atoms with Crippen molar-refractivity contribution < 1.29 is 8.78 Å². The summed E-state index contributed by atoms with van der Waals surface area (Å²) in [7, 11) is 0.339. The number of aromatic nitrogens is 3. The largest absolute Gasteiger partial charge is 0.285 e. The fraction of sp³-hybridized carbons (Fsp3) is 0.125. The second-order valence-corrected chi connectivity index (χ2v) is 6.57. The van der Waals surface area contributed by atoms with Crippen molar-refractivity contribution in [2.24, 2.45) is 0 Å². The monoisotopic (exact) mass is 345 g/mol. The Hall–Kier alpha value is -2.12. The lowest BCUT2D eigenvalue weighted by molar-refractivity contribution is 0.515. The van der Waals surface area contributed by atoms with Gasteiger partial charge in [0, 0.05) is 0 Å². The number of hydrogen-bond acceptors (Lipinski definition) is 2. The molecule has 2 radical (unpaired) electrons. The average molecular weight is 345 g/mol. The zero-order valence-corrected chi connectivity index (χ0v) is 14.1. The number of halogens is 2.